The summed E-state index contributed by atoms with van der Waals surface area (Å²) in [5, 5.41) is 36.6. The maximum Gasteiger partial charge on any atom is 0.248 e. The number of pyridine rings is 1. The predicted molar refractivity (Wildman–Crippen MR) is 174 cm³/mol. The van der Waals surface area contributed by atoms with Gasteiger partial charge in [-0.3, -0.25) is 14.7 Å². The molecule has 0 aliphatic carbocycles. The maximum absolute atomic E-state index is 12.9. The zero-order valence-electron chi connectivity index (χ0n) is 24.8. The lowest BCUT2D eigenvalue weighted by molar-refractivity contribution is -0.188. The number of aliphatic hydroxyl groups is 2. The van der Waals surface area contributed by atoms with Gasteiger partial charge in [-0.2, -0.15) is 5.26 Å². The van der Waals surface area contributed by atoms with E-state index in [-0.39, 0.29) is 18.7 Å². The van der Waals surface area contributed by atoms with Crippen molar-refractivity contribution in [1.82, 2.24) is 9.88 Å². The number of nitrogens with zero attached hydrogens (tertiary/aromatic N) is 3. The summed E-state index contributed by atoms with van der Waals surface area (Å²) in [6.45, 7) is 4.14. The lowest BCUT2D eigenvalue weighted by Gasteiger charge is -2.33. The molecule has 2 heterocycles. The van der Waals surface area contributed by atoms with Crippen LogP contribution >= 0.6 is 11.6 Å². The molecule has 4 N–H and O–H groups in total. The van der Waals surface area contributed by atoms with Gasteiger partial charge in [-0.05, 0) is 36.8 Å². The molecule has 5 rings (SSSR count). The van der Waals surface area contributed by atoms with Crippen LogP contribution in [-0.2, 0) is 11.4 Å². The largest absolute Gasteiger partial charge is 0.492 e. The van der Waals surface area contributed by atoms with Crippen LogP contribution in [0.25, 0.3) is 10.9 Å². The number of nitriles is 1. The van der Waals surface area contributed by atoms with E-state index in [1.54, 1.807) is 30.3 Å². The highest BCUT2D eigenvalue weighted by atomic mass is 35.5. The number of carbonyl (C=O) groups excluding carboxylic acids is 1. The first-order chi connectivity index (χ1) is 21.7. The van der Waals surface area contributed by atoms with Crippen LogP contribution in [0, 0.1) is 11.3 Å². The number of halogens is 1. The van der Waals surface area contributed by atoms with E-state index in [0.717, 1.165) is 5.56 Å². The number of amides is 1. The Bertz CT molecular complexity index is 1730. The van der Waals surface area contributed by atoms with Crippen LogP contribution in [0.15, 0.2) is 79.0 Å². The molecule has 10 nitrogen and oxygen atoms in total. The average molecular weight is 628 g/mol. The second-order valence-electron chi connectivity index (χ2n) is 10.7. The molecule has 232 valence electrons. The SMILES string of the molecule is CCOc1cc2ncc(C#N)c(Nc3ccc(OCc4ccccc4)c(Cl)c3)c2cc1NC(=O)/C=C/CN1CCC(O)(O)CC1. The van der Waals surface area contributed by atoms with Gasteiger partial charge in [0.2, 0.25) is 5.91 Å². The highest BCUT2D eigenvalue weighted by Gasteiger charge is 2.28. The normalized spacial score (nSPS) is 14.6. The van der Waals surface area contributed by atoms with Crippen molar-refractivity contribution in [2.45, 2.75) is 32.2 Å². The van der Waals surface area contributed by atoms with Gasteiger partial charge in [-0.1, -0.05) is 48.0 Å². The first-order valence-corrected chi connectivity index (χ1v) is 15.0. The molecule has 4 aromatic rings. The second kappa shape index (κ2) is 14.4. The second-order valence-corrected chi connectivity index (χ2v) is 11.1. The molecule has 0 unspecified atom stereocenters. The van der Waals surface area contributed by atoms with Crippen LogP contribution in [0.5, 0.6) is 11.5 Å². The number of carbonyl (C=O) groups is 1. The quantitative estimate of drug-likeness (QED) is 0.121. The van der Waals surface area contributed by atoms with E-state index in [1.165, 1.54) is 12.3 Å². The van der Waals surface area contributed by atoms with Crippen LogP contribution in [0.1, 0.15) is 30.9 Å². The van der Waals surface area contributed by atoms with Crippen molar-refractivity contribution >= 4 is 45.5 Å². The number of hydrogen-bond acceptors (Lipinski definition) is 9. The Labute approximate surface area is 266 Å². The van der Waals surface area contributed by atoms with Crippen LogP contribution in [0.2, 0.25) is 5.02 Å². The fraction of sp³-hybridized carbons (Fsp3) is 0.265. The van der Waals surface area contributed by atoms with Crippen LogP contribution < -0.4 is 20.1 Å². The molecule has 0 spiro atoms. The van der Waals surface area contributed by atoms with Gasteiger partial charge in [-0.15, -0.1) is 0 Å². The number of fused-ring (bicyclic) bond motifs is 1. The number of anilines is 3. The van der Waals surface area contributed by atoms with E-state index in [9.17, 15) is 20.3 Å². The van der Waals surface area contributed by atoms with Crippen molar-refractivity contribution in [2.75, 3.05) is 36.9 Å². The Morgan fingerprint density at radius 2 is 1.89 bits per heavy atom. The Hall–Kier alpha value is -4.66. The molecule has 1 fully saturated rings. The summed E-state index contributed by atoms with van der Waals surface area (Å²) in [4.78, 5) is 19.4. The smallest absolute Gasteiger partial charge is 0.248 e. The third-order valence-electron chi connectivity index (χ3n) is 7.38. The molecule has 0 radical (unpaired) electrons. The Morgan fingerprint density at radius 3 is 2.60 bits per heavy atom. The van der Waals surface area contributed by atoms with Crippen molar-refractivity contribution in [3.8, 4) is 17.6 Å². The van der Waals surface area contributed by atoms with E-state index < -0.39 is 5.79 Å². The van der Waals surface area contributed by atoms with E-state index in [2.05, 4.69) is 21.7 Å². The minimum atomic E-state index is -1.62. The summed E-state index contributed by atoms with van der Waals surface area (Å²) in [5.41, 5.74) is 3.45. The number of hydrogen-bond donors (Lipinski definition) is 4. The van der Waals surface area contributed by atoms with Crippen LogP contribution in [0.4, 0.5) is 17.1 Å². The summed E-state index contributed by atoms with van der Waals surface area (Å²) in [5.74, 6) is -1.01. The fourth-order valence-corrected chi connectivity index (χ4v) is 5.20. The molecular weight excluding hydrogens is 594 g/mol. The molecule has 0 bridgehead atoms. The zero-order valence-corrected chi connectivity index (χ0v) is 25.6. The number of rotatable bonds is 11. The Balaban J connectivity index is 1.36. The highest BCUT2D eigenvalue weighted by Crippen LogP contribution is 2.37. The number of nitrogens with one attached hydrogen (secondary N) is 2. The van der Waals surface area contributed by atoms with Crippen molar-refractivity contribution in [3.05, 3.63) is 95.2 Å². The van der Waals surface area contributed by atoms with E-state index in [1.807, 2.05) is 48.2 Å². The third-order valence-corrected chi connectivity index (χ3v) is 7.67. The zero-order chi connectivity index (χ0) is 31.8. The molecule has 1 aliphatic heterocycles. The summed E-state index contributed by atoms with van der Waals surface area (Å²) >= 11 is 6.56. The number of benzene rings is 3. The molecule has 1 saturated heterocycles. The van der Waals surface area contributed by atoms with Crippen LogP contribution in [-0.4, -0.2) is 58.0 Å². The summed E-state index contributed by atoms with van der Waals surface area (Å²) < 4.78 is 11.7. The third kappa shape index (κ3) is 8.29. The van der Waals surface area contributed by atoms with Gasteiger partial charge in [0, 0.05) is 61.9 Å². The molecule has 1 aromatic heterocycles. The number of aromatic nitrogens is 1. The van der Waals surface area contributed by atoms with Gasteiger partial charge in [0.25, 0.3) is 0 Å². The first-order valence-electron chi connectivity index (χ1n) is 14.6. The summed E-state index contributed by atoms with van der Waals surface area (Å²) in [7, 11) is 0. The van der Waals surface area contributed by atoms with E-state index in [4.69, 9.17) is 21.1 Å². The average Bonchev–Trinajstić information content (AvgIpc) is 3.03. The van der Waals surface area contributed by atoms with E-state index >= 15 is 0 Å². The molecular formula is C34H34ClN5O5. The Kier molecular flexibility index (Phi) is 10.2. The molecule has 0 saturated carbocycles. The minimum absolute atomic E-state index is 0.259. The molecule has 3 aromatic carbocycles. The van der Waals surface area contributed by atoms with Gasteiger partial charge in [0.15, 0.2) is 5.79 Å². The number of likely N-dealkylation sites (tertiary alicyclic amines) is 1. The lowest BCUT2D eigenvalue weighted by Crippen LogP contribution is -2.44. The predicted octanol–water partition coefficient (Wildman–Crippen LogP) is 5.75. The number of piperidine rings is 1. The van der Waals surface area contributed by atoms with E-state index in [0.29, 0.717) is 82.9 Å². The minimum Gasteiger partial charge on any atom is -0.492 e. The topological polar surface area (TPSA) is 140 Å². The maximum atomic E-state index is 12.9. The molecule has 0 atom stereocenters. The fourth-order valence-electron chi connectivity index (χ4n) is 4.96. The molecule has 1 amide bonds. The molecule has 1 aliphatic rings. The van der Waals surface area contributed by atoms with Gasteiger partial charge in [0.1, 0.15) is 24.2 Å². The van der Waals surface area contributed by atoms with Gasteiger partial charge < -0.3 is 30.3 Å². The Morgan fingerprint density at radius 1 is 1.11 bits per heavy atom. The van der Waals surface area contributed by atoms with Crippen molar-refractivity contribution < 1.29 is 24.5 Å². The van der Waals surface area contributed by atoms with Gasteiger partial charge >= 0.3 is 0 Å². The van der Waals surface area contributed by atoms with Crippen molar-refractivity contribution in [2.24, 2.45) is 0 Å². The highest BCUT2D eigenvalue weighted by molar-refractivity contribution is 6.32. The summed E-state index contributed by atoms with van der Waals surface area (Å²) in [6, 6.07) is 20.7. The number of ether oxygens (including phenoxy) is 2. The molecule has 11 heteroatoms. The van der Waals surface area contributed by atoms with Crippen molar-refractivity contribution in [1.29, 1.82) is 5.26 Å². The van der Waals surface area contributed by atoms with Gasteiger partial charge in [0.05, 0.1) is 34.1 Å². The standard InChI is InChI=1S/C34H34ClN5O5/c1-2-44-31-19-28-26(18-29(31)39-32(41)9-6-14-40-15-12-34(42,43)13-16-40)33(24(20-36)21-37-28)38-25-10-11-30(27(35)17-25)45-22-23-7-4-3-5-8-23/h3-11,17-19,21,42-43H,2,12-16,22H2,1H3,(H,37,38)(H,39,41)/b9-6+. The summed E-state index contributed by atoms with van der Waals surface area (Å²) in [6.07, 6.45) is 5.17. The lowest BCUT2D eigenvalue weighted by atomic mass is 10.0. The van der Waals surface area contributed by atoms with Crippen molar-refractivity contribution in [3.63, 3.8) is 0 Å². The van der Waals surface area contributed by atoms with Crippen LogP contribution in [0.3, 0.4) is 0 Å². The first kappa shape index (κ1) is 31.8. The molecule has 45 heavy (non-hydrogen) atoms. The monoisotopic (exact) mass is 627 g/mol. The van der Waals surface area contributed by atoms with Gasteiger partial charge in [-0.25, -0.2) is 0 Å².